The van der Waals surface area contributed by atoms with E-state index >= 15 is 0 Å². The summed E-state index contributed by atoms with van der Waals surface area (Å²) in [6, 6.07) is 20.3. The van der Waals surface area contributed by atoms with E-state index in [2.05, 4.69) is 15.6 Å². The molecule has 1 aromatic heterocycles. The van der Waals surface area contributed by atoms with E-state index in [1.807, 2.05) is 42.5 Å². The van der Waals surface area contributed by atoms with Gasteiger partial charge in [-0.2, -0.15) is 0 Å². The first-order valence-electron chi connectivity index (χ1n) is 8.68. The zero-order valence-electron chi connectivity index (χ0n) is 14.3. The fraction of sp³-hybridized carbons (Fsp3) is 0.200. The lowest BCUT2D eigenvalue weighted by atomic mass is 10.1. The molecule has 6 nitrogen and oxygen atoms in total. The van der Waals surface area contributed by atoms with Gasteiger partial charge in [0, 0.05) is 11.9 Å². The molecule has 0 radical (unpaired) electrons. The number of para-hydroxylation sites is 1. The summed E-state index contributed by atoms with van der Waals surface area (Å²) < 4.78 is -0.939. The second kappa shape index (κ2) is 6.84. The number of rotatable bonds is 3. The summed E-state index contributed by atoms with van der Waals surface area (Å²) in [4.78, 5) is 17.5. The number of piperazine rings is 1. The molecule has 1 aliphatic rings. The summed E-state index contributed by atoms with van der Waals surface area (Å²) in [6.07, 6.45) is -0.634. The van der Waals surface area contributed by atoms with Crippen molar-refractivity contribution in [2.45, 2.75) is 6.17 Å². The van der Waals surface area contributed by atoms with Gasteiger partial charge in [0.25, 0.3) is 0 Å². The van der Waals surface area contributed by atoms with Crippen LogP contribution in [0.4, 0.5) is 5.82 Å². The van der Waals surface area contributed by atoms with Crippen LogP contribution in [0.2, 0.25) is 0 Å². The van der Waals surface area contributed by atoms with Crippen molar-refractivity contribution in [1.82, 2.24) is 10.3 Å². The lowest BCUT2D eigenvalue weighted by molar-refractivity contribution is -0.823. The van der Waals surface area contributed by atoms with Crippen molar-refractivity contribution >= 4 is 22.6 Å². The minimum Gasteiger partial charge on any atom is -0.623 e. The molecule has 1 fully saturated rings. The molecule has 132 valence electrons. The number of anilines is 1. The Bertz CT molecular complexity index is 931. The predicted octanol–water partition coefficient (Wildman–Crippen LogP) is 2.73. The first kappa shape index (κ1) is 16.7. The number of hydrogen-bond donors (Lipinski definition) is 2. The van der Waals surface area contributed by atoms with E-state index in [0.717, 1.165) is 10.9 Å². The van der Waals surface area contributed by atoms with Crippen molar-refractivity contribution < 1.29 is 9.44 Å². The van der Waals surface area contributed by atoms with Gasteiger partial charge in [0.1, 0.15) is 5.82 Å². The van der Waals surface area contributed by atoms with E-state index in [1.165, 1.54) is 0 Å². The molecule has 0 aliphatic carbocycles. The van der Waals surface area contributed by atoms with Gasteiger partial charge in [-0.15, -0.1) is 0 Å². The highest BCUT2D eigenvalue weighted by molar-refractivity contribution is 5.89. The van der Waals surface area contributed by atoms with Crippen molar-refractivity contribution in [2.75, 3.05) is 25.0 Å². The topological polar surface area (TPSA) is 77.1 Å². The summed E-state index contributed by atoms with van der Waals surface area (Å²) in [5.74, 6) is 0.169. The molecule has 2 aromatic carbocycles. The molecule has 0 spiro atoms. The normalized spacial score (nSPS) is 22.9. The highest BCUT2D eigenvalue weighted by atomic mass is 16.6. The van der Waals surface area contributed by atoms with Crippen LogP contribution in [-0.4, -0.2) is 41.3 Å². The van der Waals surface area contributed by atoms with Crippen LogP contribution in [0.3, 0.4) is 0 Å². The fourth-order valence-electron chi connectivity index (χ4n) is 3.30. The third-order valence-corrected chi connectivity index (χ3v) is 4.74. The maximum Gasteiger partial charge on any atom is 0.347 e. The number of aromatic nitrogens is 1. The minimum absolute atomic E-state index is 0.180. The Balaban J connectivity index is 1.63. The number of quaternary nitrogens is 1. The molecule has 1 aliphatic heterocycles. The van der Waals surface area contributed by atoms with E-state index in [0.29, 0.717) is 24.5 Å². The van der Waals surface area contributed by atoms with Crippen LogP contribution in [0.25, 0.3) is 10.9 Å². The summed E-state index contributed by atoms with van der Waals surface area (Å²) in [7, 11) is 0. The van der Waals surface area contributed by atoms with Crippen LogP contribution in [0.15, 0.2) is 66.7 Å². The Hall–Kier alpha value is -2.80. The zero-order valence-corrected chi connectivity index (χ0v) is 14.3. The Morgan fingerprint density at radius 3 is 2.69 bits per heavy atom. The van der Waals surface area contributed by atoms with Crippen LogP contribution < -0.4 is 10.6 Å². The lowest BCUT2D eigenvalue weighted by Crippen LogP contribution is -2.67. The number of nitrogens with zero attached hydrogens (tertiary/aromatic N) is 2. The third kappa shape index (κ3) is 3.06. The van der Waals surface area contributed by atoms with Crippen LogP contribution >= 0.6 is 0 Å². The molecule has 0 saturated carbocycles. The van der Waals surface area contributed by atoms with E-state index < -0.39 is 16.7 Å². The Morgan fingerprint density at radius 2 is 1.85 bits per heavy atom. The largest absolute Gasteiger partial charge is 0.623 e. The molecule has 6 heteroatoms. The molecule has 26 heavy (non-hydrogen) atoms. The first-order valence-corrected chi connectivity index (χ1v) is 8.68. The Kier molecular flexibility index (Phi) is 4.38. The molecule has 0 bridgehead atoms. The Labute approximate surface area is 151 Å². The summed E-state index contributed by atoms with van der Waals surface area (Å²) in [5.41, 5.74) is 1.28. The van der Waals surface area contributed by atoms with Gasteiger partial charge in [0.2, 0.25) is 0 Å². The SMILES string of the molecule is O=C(c1ccccc1)[N+]1([O-])CCNCC1Nc1ccc2ccccc2n1. The molecular weight excluding hydrogens is 328 g/mol. The van der Waals surface area contributed by atoms with Crippen molar-refractivity contribution in [3.63, 3.8) is 0 Å². The van der Waals surface area contributed by atoms with Gasteiger partial charge in [-0.25, -0.2) is 9.78 Å². The molecule has 2 N–H and O–H groups in total. The standard InChI is InChI=1S/C20H20N4O2/c25-20(16-7-2-1-3-8-16)24(26)13-12-21-14-19(24)23-18-11-10-15-6-4-5-9-17(15)22-18/h1-11,19,21H,12-14H2,(H,22,23). The molecule has 2 unspecified atom stereocenters. The second-order valence-corrected chi connectivity index (χ2v) is 6.44. The van der Waals surface area contributed by atoms with Gasteiger partial charge >= 0.3 is 5.91 Å². The molecule has 3 aromatic rings. The van der Waals surface area contributed by atoms with Crippen LogP contribution in [0, 0.1) is 5.21 Å². The smallest absolute Gasteiger partial charge is 0.347 e. The van der Waals surface area contributed by atoms with E-state index in [9.17, 15) is 10.0 Å². The van der Waals surface area contributed by atoms with Gasteiger partial charge in [-0.1, -0.05) is 36.4 Å². The van der Waals surface area contributed by atoms with Crippen molar-refractivity contribution in [3.8, 4) is 0 Å². The monoisotopic (exact) mass is 348 g/mol. The van der Waals surface area contributed by atoms with Gasteiger partial charge in [0.15, 0.2) is 6.17 Å². The highest BCUT2D eigenvalue weighted by Gasteiger charge is 2.39. The number of carbonyl (C=O) groups excluding carboxylic acids is 1. The molecule has 2 heterocycles. The number of amides is 1. The van der Waals surface area contributed by atoms with E-state index in [1.54, 1.807) is 24.3 Å². The van der Waals surface area contributed by atoms with Crippen molar-refractivity contribution in [1.29, 1.82) is 0 Å². The van der Waals surface area contributed by atoms with E-state index in [-0.39, 0.29) is 6.54 Å². The van der Waals surface area contributed by atoms with Crippen molar-refractivity contribution in [3.05, 3.63) is 77.5 Å². The molecule has 2 atom stereocenters. The number of carbonyl (C=O) groups is 1. The quantitative estimate of drug-likeness (QED) is 0.562. The highest BCUT2D eigenvalue weighted by Crippen LogP contribution is 2.22. The number of fused-ring (bicyclic) bond motifs is 1. The zero-order chi connectivity index (χ0) is 18.0. The number of nitrogens with one attached hydrogen (secondary N) is 2. The lowest BCUT2D eigenvalue weighted by Gasteiger charge is -2.48. The maximum atomic E-state index is 13.5. The van der Waals surface area contributed by atoms with Gasteiger partial charge in [-0.3, -0.25) is 4.65 Å². The molecular formula is C20H20N4O2. The fourth-order valence-corrected chi connectivity index (χ4v) is 3.30. The number of hydroxylamine groups is 3. The number of pyridine rings is 1. The second-order valence-electron chi connectivity index (χ2n) is 6.44. The van der Waals surface area contributed by atoms with Crippen LogP contribution in [0.5, 0.6) is 0 Å². The van der Waals surface area contributed by atoms with Crippen molar-refractivity contribution in [2.24, 2.45) is 0 Å². The number of benzene rings is 2. The summed E-state index contributed by atoms with van der Waals surface area (Å²) >= 11 is 0. The van der Waals surface area contributed by atoms with Gasteiger partial charge in [0.05, 0.1) is 24.2 Å². The predicted molar refractivity (Wildman–Crippen MR) is 101 cm³/mol. The Morgan fingerprint density at radius 1 is 1.08 bits per heavy atom. The molecule has 1 saturated heterocycles. The third-order valence-electron chi connectivity index (χ3n) is 4.74. The molecule has 4 rings (SSSR count). The average molecular weight is 348 g/mol. The average Bonchev–Trinajstić information content (AvgIpc) is 2.70. The summed E-state index contributed by atoms with van der Waals surface area (Å²) in [6.45, 7) is 1.08. The number of hydrogen-bond acceptors (Lipinski definition) is 5. The minimum atomic E-state index is -0.939. The first-order chi connectivity index (χ1) is 12.7. The van der Waals surface area contributed by atoms with Crippen LogP contribution in [0.1, 0.15) is 10.4 Å². The van der Waals surface area contributed by atoms with Gasteiger partial charge in [-0.05, 0) is 30.3 Å². The maximum absolute atomic E-state index is 13.5. The summed E-state index contributed by atoms with van der Waals surface area (Å²) in [5, 5.41) is 20.9. The van der Waals surface area contributed by atoms with Crippen LogP contribution in [-0.2, 0) is 0 Å². The van der Waals surface area contributed by atoms with Gasteiger partial charge < -0.3 is 15.8 Å². The van der Waals surface area contributed by atoms with E-state index in [4.69, 9.17) is 0 Å². The molecule has 1 amide bonds.